The van der Waals surface area contributed by atoms with Crippen LogP contribution in [0, 0.1) is 12.3 Å². The minimum Gasteiger partial charge on any atom is -0.492 e. The number of aromatic nitrogens is 1. The first-order chi connectivity index (χ1) is 11.9. The van der Waals surface area contributed by atoms with Gasteiger partial charge in [-0.2, -0.15) is 0 Å². The molecule has 0 amide bonds. The maximum atomic E-state index is 12.8. The Labute approximate surface area is 149 Å². The molecular weight excluding hydrogens is 310 g/mol. The molecule has 0 radical (unpaired) electrons. The molecule has 0 fully saturated rings. The molecule has 0 saturated heterocycles. The summed E-state index contributed by atoms with van der Waals surface area (Å²) in [6, 6.07) is 16.1. The van der Waals surface area contributed by atoms with Crippen LogP contribution in [0.3, 0.4) is 0 Å². The topological polar surface area (TPSA) is 31.2 Å². The molecule has 3 nitrogen and oxygen atoms in total. The molecular formula is C22H25NO2. The second kappa shape index (κ2) is 6.75. The summed E-state index contributed by atoms with van der Waals surface area (Å²) in [5.41, 5.74) is 2.68. The van der Waals surface area contributed by atoms with Gasteiger partial charge in [-0.05, 0) is 25.1 Å². The quantitative estimate of drug-likeness (QED) is 0.596. The molecule has 1 heterocycles. The molecule has 0 N–H and O–H groups in total. The number of hydrogen-bond donors (Lipinski definition) is 0. The predicted octanol–water partition coefficient (Wildman–Crippen LogP) is 5.26. The summed E-state index contributed by atoms with van der Waals surface area (Å²) < 4.78 is 7.96. The number of benzene rings is 2. The van der Waals surface area contributed by atoms with Crippen molar-refractivity contribution in [3.05, 3.63) is 65.9 Å². The van der Waals surface area contributed by atoms with Gasteiger partial charge in [-0.3, -0.25) is 4.79 Å². The number of nitrogens with zero attached hydrogens (tertiary/aromatic N) is 1. The van der Waals surface area contributed by atoms with Gasteiger partial charge in [0, 0.05) is 28.1 Å². The van der Waals surface area contributed by atoms with E-state index in [1.54, 1.807) is 0 Å². The molecule has 0 unspecified atom stereocenters. The Morgan fingerprint density at radius 3 is 2.40 bits per heavy atom. The minimum absolute atomic E-state index is 0.168. The van der Waals surface area contributed by atoms with Gasteiger partial charge in [0.2, 0.25) is 0 Å². The highest BCUT2D eigenvalue weighted by Gasteiger charge is 2.26. The van der Waals surface area contributed by atoms with Gasteiger partial charge in [-0.25, -0.2) is 0 Å². The van der Waals surface area contributed by atoms with Gasteiger partial charge < -0.3 is 9.30 Å². The van der Waals surface area contributed by atoms with E-state index in [1.165, 1.54) is 5.56 Å². The number of hydrogen-bond acceptors (Lipinski definition) is 2. The molecule has 0 atom stereocenters. The van der Waals surface area contributed by atoms with Gasteiger partial charge >= 0.3 is 0 Å². The Bertz CT molecular complexity index is 883. The van der Waals surface area contributed by atoms with Crippen LogP contribution in [0.4, 0.5) is 0 Å². The van der Waals surface area contributed by atoms with E-state index in [4.69, 9.17) is 4.74 Å². The zero-order chi connectivity index (χ0) is 18.0. The predicted molar refractivity (Wildman–Crippen MR) is 102 cm³/mol. The number of ether oxygens (including phenoxy) is 1. The van der Waals surface area contributed by atoms with Gasteiger partial charge in [0.15, 0.2) is 5.78 Å². The molecule has 2 aromatic carbocycles. The Morgan fingerprint density at radius 2 is 1.72 bits per heavy atom. The van der Waals surface area contributed by atoms with Crippen LogP contribution in [0.15, 0.2) is 54.7 Å². The van der Waals surface area contributed by atoms with Gasteiger partial charge in [0.25, 0.3) is 0 Å². The highest BCUT2D eigenvalue weighted by Crippen LogP contribution is 2.28. The van der Waals surface area contributed by atoms with Crippen LogP contribution in [0.2, 0.25) is 0 Å². The van der Waals surface area contributed by atoms with Crippen LogP contribution >= 0.6 is 0 Å². The van der Waals surface area contributed by atoms with Gasteiger partial charge in [0.1, 0.15) is 12.4 Å². The first-order valence-corrected chi connectivity index (χ1v) is 8.68. The molecule has 0 spiro atoms. The maximum Gasteiger partial charge on any atom is 0.170 e. The van der Waals surface area contributed by atoms with Crippen LogP contribution in [-0.2, 0) is 6.54 Å². The molecule has 3 rings (SSSR count). The van der Waals surface area contributed by atoms with E-state index in [1.807, 2.05) is 69.4 Å². The monoisotopic (exact) mass is 335 g/mol. The maximum absolute atomic E-state index is 12.8. The molecule has 0 aliphatic rings. The molecule has 3 aromatic rings. The molecule has 3 heteroatoms. The summed E-state index contributed by atoms with van der Waals surface area (Å²) >= 11 is 0. The van der Waals surface area contributed by atoms with Crippen LogP contribution in [0.25, 0.3) is 10.9 Å². The average Bonchev–Trinajstić information content (AvgIpc) is 2.94. The summed E-state index contributed by atoms with van der Waals surface area (Å²) in [4.78, 5) is 12.8. The number of ketones is 1. The zero-order valence-corrected chi connectivity index (χ0v) is 15.4. The van der Waals surface area contributed by atoms with Crippen LogP contribution < -0.4 is 4.74 Å². The number of carbonyl (C=O) groups excluding carboxylic acids is 1. The molecule has 0 aliphatic heterocycles. The third-order valence-corrected chi connectivity index (χ3v) is 4.34. The van der Waals surface area contributed by atoms with E-state index in [0.717, 1.165) is 22.2 Å². The number of Topliss-reactive ketones (excluding diaryl/α,β-unsaturated/α-hetero) is 1. The van der Waals surface area contributed by atoms with Crippen molar-refractivity contribution in [2.24, 2.45) is 5.41 Å². The SMILES string of the molecule is Cc1ccc(OCCn2cc(C(=O)C(C)(C)C)c3ccccc32)cc1. The Hall–Kier alpha value is -2.55. The van der Waals surface area contributed by atoms with Crippen molar-refractivity contribution in [2.45, 2.75) is 34.2 Å². The summed E-state index contributed by atoms with van der Waals surface area (Å²) in [5, 5.41) is 1.01. The normalized spacial score (nSPS) is 11.7. The van der Waals surface area contributed by atoms with Crippen molar-refractivity contribution in [2.75, 3.05) is 6.61 Å². The number of para-hydroxylation sites is 1. The highest BCUT2D eigenvalue weighted by atomic mass is 16.5. The lowest BCUT2D eigenvalue weighted by molar-refractivity contribution is 0.0860. The highest BCUT2D eigenvalue weighted by molar-refractivity contribution is 6.10. The van der Waals surface area contributed by atoms with Crippen molar-refractivity contribution < 1.29 is 9.53 Å². The van der Waals surface area contributed by atoms with Crippen molar-refractivity contribution in [1.82, 2.24) is 4.57 Å². The van der Waals surface area contributed by atoms with Crippen molar-refractivity contribution in [3.8, 4) is 5.75 Å². The van der Waals surface area contributed by atoms with E-state index in [-0.39, 0.29) is 5.78 Å². The number of rotatable bonds is 5. The summed E-state index contributed by atoms with van der Waals surface area (Å²) in [7, 11) is 0. The van der Waals surface area contributed by atoms with Gasteiger partial charge in [0.05, 0.1) is 6.54 Å². The molecule has 1 aromatic heterocycles. The second-order valence-electron chi connectivity index (χ2n) is 7.49. The molecule has 0 saturated carbocycles. The average molecular weight is 335 g/mol. The zero-order valence-electron chi connectivity index (χ0n) is 15.4. The standard InChI is InChI=1S/C22H25NO2/c1-16-9-11-17(12-10-16)25-14-13-23-15-19(21(24)22(2,3)4)18-7-5-6-8-20(18)23/h5-12,15H,13-14H2,1-4H3. The lowest BCUT2D eigenvalue weighted by Crippen LogP contribution is -2.20. The van der Waals surface area contributed by atoms with Crippen molar-refractivity contribution >= 4 is 16.7 Å². The first kappa shape index (κ1) is 17.3. The second-order valence-corrected chi connectivity index (χ2v) is 7.49. The number of fused-ring (bicyclic) bond motifs is 1. The summed E-state index contributed by atoms with van der Waals surface area (Å²) in [6.07, 6.45) is 1.97. The fourth-order valence-electron chi connectivity index (χ4n) is 2.91. The van der Waals surface area contributed by atoms with E-state index < -0.39 is 5.41 Å². The van der Waals surface area contributed by atoms with E-state index in [2.05, 4.69) is 17.6 Å². The molecule has 130 valence electrons. The summed E-state index contributed by atoms with van der Waals surface area (Å²) in [6.45, 7) is 9.20. The lowest BCUT2D eigenvalue weighted by atomic mass is 9.86. The van der Waals surface area contributed by atoms with E-state index >= 15 is 0 Å². The largest absolute Gasteiger partial charge is 0.492 e. The fourth-order valence-corrected chi connectivity index (χ4v) is 2.91. The summed E-state index contributed by atoms with van der Waals surface area (Å²) in [5.74, 6) is 1.04. The molecule has 0 bridgehead atoms. The van der Waals surface area contributed by atoms with E-state index in [0.29, 0.717) is 13.2 Å². The minimum atomic E-state index is -0.395. The van der Waals surface area contributed by atoms with Crippen LogP contribution in [-0.4, -0.2) is 17.0 Å². The Morgan fingerprint density at radius 1 is 1.04 bits per heavy atom. The fraction of sp³-hybridized carbons (Fsp3) is 0.318. The van der Waals surface area contributed by atoms with Gasteiger partial charge in [-0.1, -0.05) is 56.7 Å². The van der Waals surface area contributed by atoms with Crippen LogP contribution in [0.5, 0.6) is 5.75 Å². The van der Waals surface area contributed by atoms with Crippen molar-refractivity contribution in [1.29, 1.82) is 0 Å². The first-order valence-electron chi connectivity index (χ1n) is 8.68. The lowest BCUT2D eigenvalue weighted by Gasteiger charge is -2.15. The third-order valence-electron chi connectivity index (χ3n) is 4.34. The Balaban J connectivity index is 1.82. The smallest absolute Gasteiger partial charge is 0.170 e. The molecule has 0 aliphatic carbocycles. The van der Waals surface area contributed by atoms with Crippen molar-refractivity contribution in [3.63, 3.8) is 0 Å². The Kier molecular flexibility index (Phi) is 4.67. The third kappa shape index (κ3) is 3.76. The number of aryl methyl sites for hydroxylation is 1. The van der Waals surface area contributed by atoms with E-state index in [9.17, 15) is 4.79 Å². The van der Waals surface area contributed by atoms with Gasteiger partial charge in [-0.15, -0.1) is 0 Å². The molecule has 25 heavy (non-hydrogen) atoms. The number of carbonyl (C=O) groups is 1. The van der Waals surface area contributed by atoms with Crippen LogP contribution in [0.1, 0.15) is 36.7 Å².